The molecule has 0 amide bonds. The van der Waals surface area contributed by atoms with Crippen molar-refractivity contribution in [2.75, 3.05) is 6.61 Å². The predicted molar refractivity (Wildman–Crippen MR) is 65.2 cm³/mol. The van der Waals surface area contributed by atoms with Gasteiger partial charge in [0.1, 0.15) is 12.4 Å². The van der Waals surface area contributed by atoms with Gasteiger partial charge in [-0.1, -0.05) is 19.9 Å². The average Bonchev–Trinajstić information content (AvgIpc) is 2.71. The maximum Gasteiger partial charge on any atom is 0.217 e. The van der Waals surface area contributed by atoms with Crippen molar-refractivity contribution in [1.82, 2.24) is 0 Å². The summed E-state index contributed by atoms with van der Waals surface area (Å²) in [5.74, 6) is 0.673. The van der Waals surface area contributed by atoms with Crippen molar-refractivity contribution in [2.45, 2.75) is 19.9 Å². The van der Waals surface area contributed by atoms with Crippen molar-refractivity contribution in [1.29, 1.82) is 0 Å². The lowest BCUT2D eigenvalue weighted by atomic mass is 10.1. The van der Waals surface area contributed by atoms with E-state index in [0.29, 0.717) is 28.5 Å². The third-order valence-corrected chi connectivity index (χ3v) is 3.43. The van der Waals surface area contributed by atoms with Gasteiger partial charge in [0.25, 0.3) is 0 Å². The highest BCUT2D eigenvalue weighted by Crippen LogP contribution is 2.25. The summed E-state index contributed by atoms with van der Waals surface area (Å²) in [4.78, 5) is 4.46. The third kappa shape index (κ3) is 2.12. The molecule has 0 aliphatic carbocycles. The molecule has 1 aromatic rings. The monoisotopic (exact) mass is 285 g/mol. The van der Waals surface area contributed by atoms with Crippen molar-refractivity contribution < 1.29 is 9.13 Å². The first-order valence-electron chi connectivity index (χ1n) is 5.24. The Labute approximate surface area is 103 Å². The number of benzene rings is 1. The fraction of sp³-hybridized carbons (Fsp3) is 0.417. The molecule has 86 valence electrons. The van der Waals surface area contributed by atoms with Gasteiger partial charge in [-0.3, -0.25) is 0 Å². The normalized spacial score (nSPS) is 19.8. The van der Waals surface area contributed by atoms with Crippen LogP contribution in [-0.2, 0) is 4.74 Å². The molecule has 16 heavy (non-hydrogen) atoms. The minimum Gasteiger partial charge on any atom is -0.475 e. The lowest BCUT2D eigenvalue weighted by Crippen LogP contribution is -2.13. The maximum atomic E-state index is 13.3. The van der Waals surface area contributed by atoms with Crippen molar-refractivity contribution >= 4 is 21.8 Å². The SMILES string of the molecule is CC(C)C1COC(c2cccc(F)c2Br)=N1. The van der Waals surface area contributed by atoms with E-state index in [1.54, 1.807) is 12.1 Å². The zero-order chi connectivity index (χ0) is 11.7. The van der Waals surface area contributed by atoms with E-state index in [4.69, 9.17) is 4.74 Å². The molecule has 1 aromatic carbocycles. The minimum atomic E-state index is -0.295. The molecule has 0 saturated heterocycles. The summed E-state index contributed by atoms with van der Waals surface area (Å²) in [6, 6.07) is 5.03. The van der Waals surface area contributed by atoms with Crippen molar-refractivity contribution in [3.63, 3.8) is 0 Å². The molecule has 0 spiro atoms. The molecule has 0 radical (unpaired) electrons. The quantitative estimate of drug-likeness (QED) is 0.816. The van der Waals surface area contributed by atoms with Gasteiger partial charge in [0.15, 0.2) is 0 Å². The van der Waals surface area contributed by atoms with Gasteiger partial charge in [-0.2, -0.15) is 0 Å². The Balaban J connectivity index is 2.32. The van der Waals surface area contributed by atoms with E-state index in [-0.39, 0.29) is 11.9 Å². The highest BCUT2D eigenvalue weighted by molar-refractivity contribution is 9.10. The van der Waals surface area contributed by atoms with Crippen LogP contribution in [-0.4, -0.2) is 18.5 Å². The second kappa shape index (κ2) is 4.53. The standard InChI is InChI=1S/C12H13BrFNO/c1-7(2)10-6-16-12(15-10)8-4-3-5-9(14)11(8)13/h3-5,7,10H,6H2,1-2H3. The summed E-state index contributed by atoms with van der Waals surface area (Å²) in [6.07, 6.45) is 0. The topological polar surface area (TPSA) is 21.6 Å². The van der Waals surface area contributed by atoms with Crippen molar-refractivity contribution in [3.8, 4) is 0 Å². The molecule has 1 atom stereocenters. The van der Waals surface area contributed by atoms with Crippen LogP contribution in [0.15, 0.2) is 27.7 Å². The maximum absolute atomic E-state index is 13.3. The summed E-state index contributed by atoms with van der Waals surface area (Å²) < 4.78 is 19.2. The smallest absolute Gasteiger partial charge is 0.217 e. The molecule has 2 rings (SSSR count). The molecule has 4 heteroatoms. The van der Waals surface area contributed by atoms with Crippen LogP contribution in [0.3, 0.4) is 0 Å². The van der Waals surface area contributed by atoms with Crippen molar-refractivity contribution in [2.24, 2.45) is 10.9 Å². The van der Waals surface area contributed by atoms with E-state index >= 15 is 0 Å². The van der Waals surface area contributed by atoms with E-state index in [1.807, 2.05) is 0 Å². The van der Waals surface area contributed by atoms with Crippen LogP contribution in [0.1, 0.15) is 19.4 Å². The summed E-state index contributed by atoms with van der Waals surface area (Å²) in [7, 11) is 0. The summed E-state index contributed by atoms with van der Waals surface area (Å²) in [5.41, 5.74) is 0.683. The Morgan fingerprint density at radius 2 is 2.25 bits per heavy atom. The number of ether oxygens (including phenoxy) is 1. The lowest BCUT2D eigenvalue weighted by molar-refractivity contribution is 0.291. The number of hydrogen-bond donors (Lipinski definition) is 0. The summed E-state index contributed by atoms with van der Waals surface area (Å²) in [5, 5.41) is 0. The molecule has 2 nitrogen and oxygen atoms in total. The van der Waals surface area contributed by atoms with Crippen LogP contribution >= 0.6 is 15.9 Å². The Morgan fingerprint density at radius 3 is 2.88 bits per heavy atom. The molecule has 1 aliphatic heterocycles. The van der Waals surface area contributed by atoms with E-state index in [9.17, 15) is 4.39 Å². The highest BCUT2D eigenvalue weighted by atomic mass is 79.9. The van der Waals surface area contributed by atoms with Gasteiger partial charge in [-0.05, 0) is 34.0 Å². The zero-order valence-electron chi connectivity index (χ0n) is 9.21. The largest absolute Gasteiger partial charge is 0.475 e. The second-order valence-corrected chi connectivity index (χ2v) is 4.95. The van der Waals surface area contributed by atoms with E-state index in [1.165, 1.54) is 6.07 Å². The van der Waals surface area contributed by atoms with Crippen molar-refractivity contribution in [3.05, 3.63) is 34.1 Å². The molecular formula is C12H13BrFNO. The predicted octanol–water partition coefficient (Wildman–Crippen LogP) is 3.39. The summed E-state index contributed by atoms with van der Waals surface area (Å²) in [6.45, 7) is 4.78. The number of rotatable bonds is 2. The highest BCUT2D eigenvalue weighted by Gasteiger charge is 2.24. The molecule has 1 aliphatic rings. The van der Waals surface area contributed by atoms with Crippen LogP contribution in [0.2, 0.25) is 0 Å². The Bertz CT molecular complexity index is 431. The van der Waals surface area contributed by atoms with Gasteiger partial charge < -0.3 is 4.74 Å². The molecule has 0 saturated carbocycles. The van der Waals surface area contributed by atoms with Crippen LogP contribution in [0.4, 0.5) is 4.39 Å². The van der Waals surface area contributed by atoms with E-state index in [2.05, 4.69) is 34.8 Å². The van der Waals surface area contributed by atoms with Crippen LogP contribution in [0.5, 0.6) is 0 Å². The van der Waals surface area contributed by atoms with E-state index < -0.39 is 0 Å². The molecule has 1 unspecified atom stereocenters. The lowest BCUT2D eigenvalue weighted by Gasteiger charge is -2.06. The second-order valence-electron chi connectivity index (χ2n) is 4.16. The van der Waals surface area contributed by atoms with Gasteiger partial charge >= 0.3 is 0 Å². The first-order chi connectivity index (χ1) is 7.59. The van der Waals surface area contributed by atoms with Gasteiger partial charge in [0.05, 0.1) is 16.1 Å². The van der Waals surface area contributed by atoms with Gasteiger partial charge in [0, 0.05) is 0 Å². The molecule has 0 N–H and O–H groups in total. The fourth-order valence-corrected chi connectivity index (χ4v) is 1.98. The minimum absolute atomic E-state index is 0.171. The number of halogens is 2. The summed E-state index contributed by atoms with van der Waals surface area (Å²) >= 11 is 3.21. The molecule has 0 aromatic heterocycles. The Morgan fingerprint density at radius 1 is 1.50 bits per heavy atom. The van der Waals surface area contributed by atoms with Crippen LogP contribution in [0.25, 0.3) is 0 Å². The molecule has 1 heterocycles. The zero-order valence-corrected chi connectivity index (χ0v) is 10.8. The molecular weight excluding hydrogens is 273 g/mol. The Hall–Kier alpha value is -0.900. The van der Waals surface area contributed by atoms with Gasteiger partial charge in [-0.15, -0.1) is 0 Å². The average molecular weight is 286 g/mol. The third-order valence-electron chi connectivity index (χ3n) is 2.63. The van der Waals surface area contributed by atoms with Crippen LogP contribution < -0.4 is 0 Å². The first-order valence-corrected chi connectivity index (χ1v) is 6.04. The number of nitrogens with zero attached hydrogens (tertiary/aromatic N) is 1. The molecule has 0 fully saturated rings. The number of hydrogen-bond acceptors (Lipinski definition) is 2. The van der Waals surface area contributed by atoms with Crippen LogP contribution in [0, 0.1) is 11.7 Å². The number of aliphatic imine (C=N–C) groups is 1. The van der Waals surface area contributed by atoms with Gasteiger partial charge in [0.2, 0.25) is 5.90 Å². The van der Waals surface area contributed by atoms with Gasteiger partial charge in [-0.25, -0.2) is 9.38 Å². The Kier molecular flexibility index (Phi) is 3.28. The van der Waals surface area contributed by atoms with E-state index in [0.717, 1.165) is 0 Å². The molecule has 0 bridgehead atoms. The fourth-order valence-electron chi connectivity index (χ4n) is 1.55. The first kappa shape index (κ1) is 11.6.